The van der Waals surface area contributed by atoms with Crippen molar-refractivity contribution >= 4 is 12.0 Å². The number of rotatable bonds is 5. The van der Waals surface area contributed by atoms with Crippen LogP contribution in [0.5, 0.6) is 0 Å². The lowest BCUT2D eigenvalue weighted by Gasteiger charge is -2.04. The van der Waals surface area contributed by atoms with Crippen LogP contribution in [0.1, 0.15) is 30.5 Å². The third kappa shape index (κ3) is 4.56. The molecule has 2 rings (SSSR count). The Bertz CT molecular complexity index is 615. The summed E-state index contributed by atoms with van der Waals surface area (Å²) in [5, 5.41) is 0. The van der Waals surface area contributed by atoms with Crippen LogP contribution in [-0.2, 0) is 16.0 Å². The van der Waals surface area contributed by atoms with Crippen molar-refractivity contribution in [1.29, 1.82) is 0 Å². The maximum Gasteiger partial charge on any atom is 0.333 e. The summed E-state index contributed by atoms with van der Waals surface area (Å²) < 4.78 is 4.96. The molecule has 3 nitrogen and oxygen atoms in total. The van der Waals surface area contributed by atoms with Crippen LogP contribution < -0.4 is 0 Å². The van der Waals surface area contributed by atoms with Gasteiger partial charge in [0.25, 0.3) is 0 Å². The molecule has 108 valence electrons. The van der Waals surface area contributed by atoms with Crippen molar-refractivity contribution < 1.29 is 9.53 Å². The lowest BCUT2D eigenvalue weighted by atomic mass is 10.0. The van der Waals surface area contributed by atoms with E-state index in [1.165, 1.54) is 11.1 Å². The number of aromatic nitrogens is 1. The van der Waals surface area contributed by atoms with Crippen LogP contribution in [-0.4, -0.2) is 17.6 Å². The molecule has 0 fully saturated rings. The van der Waals surface area contributed by atoms with E-state index in [1.807, 2.05) is 30.5 Å². The van der Waals surface area contributed by atoms with Gasteiger partial charge in [-0.25, -0.2) is 4.79 Å². The van der Waals surface area contributed by atoms with Gasteiger partial charge >= 0.3 is 5.97 Å². The Morgan fingerprint density at radius 1 is 1.19 bits per heavy atom. The van der Waals surface area contributed by atoms with E-state index in [0.29, 0.717) is 12.2 Å². The predicted molar refractivity (Wildman–Crippen MR) is 83.8 cm³/mol. The molecule has 0 aliphatic rings. The lowest BCUT2D eigenvalue weighted by Crippen LogP contribution is -2.04. The molecule has 3 heteroatoms. The molecule has 0 saturated carbocycles. The first-order valence-electron chi connectivity index (χ1n) is 7.02. The molecular formula is C18H19NO2. The summed E-state index contributed by atoms with van der Waals surface area (Å²) in [7, 11) is 0. The van der Waals surface area contributed by atoms with Crippen molar-refractivity contribution in [2.45, 2.75) is 20.3 Å². The first-order chi connectivity index (χ1) is 10.2. The van der Waals surface area contributed by atoms with E-state index in [1.54, 1.807) is 20.0 Å². The molecule has 0 bridgehead atoms. The molecule has 0 aliphatic carbocycles. The SMILES string of the molecule is CCOC(=O)C(C)=Cc1ccc(Cc2cccnc2)cc1. The van der Waals surface area contributed by atoms with Crippen LogP contribution in [0.4, 0.5) is 0 Å². The molecule has 2 aromatic rings. The molecule has 21 heavy (non-hydrogen) atoms. The summed E-state index contributed by atoms with van der Waals surface area (Å²) in [6, 6.07) is 12.2. The molecule has 1 aromatic carbocycles. The van der Waals surface area contributed by atoms with Gasteiger partial charge < -0.3 is 4.74 Å². The van der Waals surface area contributed by atoms with E-state index in [0.717, 1.165) is 12.0 Å². The summed E-state index contributed by atoms with van der Waals surface area (Å²) in [5.41, 5.74) is 4.00. The van der Waals surface area contributed by atoms with Crippen LogP contribution in [0.3, 0.4) is 0 Å². The topological polar surface area (TPSA) is 39.2 Å². The quantitative estimate of drug-likeness (QED) is 0.620. The number of ether oxygens (including phenoxy) is 1. The number of benzene rings is 1. The number of pyridine rings is 1. The number of carbonyl (C=O) groups excluding carboxylic acids is 1. The molecule has 0 spiro atoms. The fraction of sp³-hybridized carbons (Fsp3) is 0.222. The number of carbonyl (C=O) groups is 1. The van der Waals surface area contributed by atoms with E-state index >= 15 is 0 Å². The maximum absolute atomic E-state index is 11.6. The summed E-state index contributed by atoms with van der Waals surface area (Å²) in [6.45, 7) is 3.97. The Kier molecular flexibility index (Phi) is 5.27. The zero-order chi connectivity index (χ0) is 15.1. The van der Waals surface area contributed by atoms with Crippen LogP contribution in [0.2, 0.25) is 0 Å². The van der Waals surface area contributed by atoms with Gasteiger partial charge in [0.1, 0.15) is 0 Å². The highest BCUT2D eigenvalue weighted by molar-refractivity contribution is 5.92. The fourth-order valence-electron chi connectivity index (χ4n) is 2.02. The van der Waals surface area contributed by atoms with Crippen molar-refractivity contribution in [2.24, 2.45) is 0 Å². The Morgan fingerprint density at radius 2 is 1.95 bits per heavy atom. The molecule has 1 aromatic heterocycles. The third-order valence-corrected chi connectivity index (χ3v) is 3.09. The molecule has 0 atom stereocenters. The molecule has 0 unspecified atom stereocenters. The van der Waals surface area contributed by atoms with Crippen molar-refractivity contribution in [2.75, 3.05) is 6.61 Å². The highest BCUT2D eigenvalue weighted by Gasteiger charge is 2.04. The second-order valence-electron chi connectivity index (χ2n) is 4.83. The molecular weight excluding hydrogens is 262 g/mol. The minimum Gasteiger partial charge on any atom is -0.463 e. The smallest absolute Gasteiger partial charge is 0.333 e. The zero-order valence-electron chi connectivity index (χ0n) is 12.4. The van der Waals surface area contributed by atoms with Crippen LogP contribution in [0.15, 0.2) is 54.4 Å². The van der Waals surface area contributed by atoms with E-state index in [9.17, 15) is 4.79 Å². The standard InChI is InChI=1S/C18H19NO2/c1-3-21-18(20)14(2)11-15-6-8-16(9-7-15)12-17-5-4-10-19-13-17/h4-11,13H,3,12H2,1-2H3. The average Bonchev–Trinajstić information content (AvgIpc) is 2.50. The minimum atomic E-state index is -0.267. The molecule has 0 saturated heterocycles. The highest BCUT2D eigenvalue weighted by Crippen LogP contribution is 2.13. The molecule has 0 N–H and O–H groups in total. The summed E-state index contributed by atoms with van der Waals surface area (Å²) >= 11 is 0. The van der Waals surface area contributed by atoms with Crippen LogP contribution >= 0.6 is 0 Å². The molecule has 0 amide bonds. The summed E-state index contributed by atoms with van der Waals surface area (Å²) in [6.07, 6.45) is 6.34. The number of nitrogens with zero attached hydrogens (tertiary/aromatic N) is 1. The van der Waals surface area contributed by atoms with Gasteiger partial charge in [0.15, 0.2) is 0 Å². The van der Waals surface area contributed by atoms with Crippen molar-refractivity contribution in [1.82, 2.24) is 4.98 Å². The Hall–Kier alpha value is -2.42. The van der Waals surface area contributed by atoms with Gasteiger partial charge in [0.05, 0.1) is 6.61 Å². The Balaban J connectivity index is 2.05. The molecule has 0 aliphatic heterocycles. The van der Waals surface area contributed by atoms with Gasteiger partial charge in [0.2, 0.25) is 0 Å². The van der Waals surface area contributed by atoms with E-state index in [4.69, 9.17) is 4.74 Å². The van der Waals surface area contributed by atoms with Crippen LogP contribution in [0, 0.1) is 0 Å². The molecule has 1 heterocycles. The van der Waals surface area contributed by atoms with Crippen molar-refractivity contribution in [3.8, 4) is 0 Å². The average molecular weight is 281 g/mol. The minimum absolute atomic E-state index is 0.267. The van der Waals surface area contributed by atoms with E-state index in [-0.39, 0.29) is 5.97 Å². The largest absolute Gasteiger partial charge is 0.463 e. The summed E-state index contributed by atoms with van der Waals surface area (Å²) in [4.78, 5) is 15.7. The van der Waals surface area contributed by atoms with E-state index in [2.05, 4.69) is 23.2 Å². The van der Waals surface area contributed by atoms with Gasteiger partial charge in [-0.1, -0.05) is 30.3 Å². The third-order valence-electron chi connectivity index (χ3n) is 3.09. The van der Waals surface area contributed by atoms with Gasteiger partial charge in [0, 0.05) is 18.0 Å². The van der Waals surface area contributed by atoms with Crippen molar-refractivity contribution in [3.63, 3.8) is 0 Å². The summed E-state index contributed by atoms with van der Waals surface area (Å²) in [5.74, 6) is -0.267. The fourth-order valence-corrected chi connectivity index (χ4v) is 2.02. The van der Waals surface area contributed by atoms with Crippen LogP contribution in [0.25, 0.3) is 6.08 Å². The van der Waals surface area contributed by atoms with Gasteiger partial charge in [-0.2, -0.15) is 0 Å². The van der Waals surface area contributed by atoms with Crippen molar-refractivity contribution in [3.05, 3.63) is 71.1 Å². The molecule has 0 radical (unpaired) electrons. The van der Waals surface area contributed by atoms with Gasteiger partial charge in [-0.3, -0.25) is 4.98 Å². The Morgan fingerprint density at radius 3 is 2.57 bits per heavy atom. The monoisotopic (exact) mass is 281 g/mol. The van der Waals surface area contributed by atoms with Gasteiger partial charge in [-0.15, -0.1) is 0 Å². The first-order valence-corrected chi connectivity index (χ1v) is 7.02. The maximum atomic E-state index is 11.6. The number of hydrogen-bond donors (Lipinski definition) is 0. The second-order valence-corrected chi connectivity index (χ2v) is 4.83. The second kappa shape index (κ2) is 7.39. The lowest BCUT2D eigenvalue weighted by molar-refractivity contribution is -0.138. The first kappa shape index (κ1) is 15.0. The number of hydrogen-bond acceptors (Lipinski definition) is 3. The predicted octanol–water partition coefficient (Wildman–Crippen LogP) is 3.64. The van der Waals surface area contributed by atoms with Gasteiger partial charge in [-0.05, 0) is 49.1 Å². The Labute approximate surface area is 125 Å². The number of esters is 1. The highest BCUT2D eigenvalue weighted by atomic mass is 16.5. The normalized spacial score (nSPS) is 11.2. The van der Waals surface area contributed by atoms with E-state index < -0.39 is 0 Å². The zero-order valence-corrected chi connectivity index (χ0v) is 12.4.